The van der Waals surface area contributed by atoms with Crippen LogP contribution in [0, 0.1) is 6.92 Å². The molecule has 0 unspecified atom stereocenters. The first-order chi connectivity index (χ1) is 9.81. The van der Waals surface area contributed by atoms with Gasteiger partial charge in [-0.1, -0.05) is 24.3 Å². The maximum Gasteiger partial charge on any atom is 0.134 e. The molecule has 2 aromatic heterocycles. The van der Waals surface area contributed by atoms with E-state index in [1.54, 1.807) is 11.3 Å². The van der Waals surface area contributed by atoms with E-state index in [0.717, 1.165) is 12.4 Å². The highest BCUT2D eigenvalue weighted by molar-refractivity contribution is 7.13. The summed E-state index contributed by atoms with van der Waals surface area (Å²) in [5.74, 6) is 0.920. The highest BCUT2D eigenvalue weighted by atomic mass is 32.1. The second kappa shape index (κ2) is 5.61. The first kappa shape index (κ1) is 13.1. The molecule has 0 aliphatic carbocycles. The third kappa shape index (κ3) is 2.28. The van der Waals surface area contributed by atoms with E-state index in [9.17, 15) is 0 Å². The fraction of sp³-hybridized carbons (Fsp3) is 0.188. The number of hydrogen-bond acceptors (Lipinski definition) is 4. The van der Waals surface area contributed by atoms with Gasteiger partial charge in [-0.3, -0.25) is 0 Å². The Labute approximate surface area is 122 Å². The number of aromatic nitrogens is 1. The highest BCUT2D eigenvalue weighted by Gasteiger charge is 2.11. The van der Waals surface area contributed by atoms with Gasteiger partial charge >= 0.3 is 0 Å². The van der Waals surface area contributed by atoms with Crippen LogP contribution in [0.15, 0.2) is 41.9 Å². The molecule has 20 heavy (non-hydrogen) atoms. The summed E-state index contributed by atoms with van der Waals surface area (Å²) in [5, 5.41) is 7.84. The second-order valence-corrected chi connectivity index (χ2v) is 5.66. The van der Waals surface area contributed by atoms with Crippen LogP contribution in [0.3, 0.4) is 0 Å². The number of pyridine rings is 1. The third-order valence-electron chi connectivity index (χ3n) is 3.35. The average Bonchev–Trinajstić information content (AvgIpc) is 2.99. The van der Waals surface area contributed by atoms with Crippen LogP contribution in [-0.2, 0) is 0 Å². The zero-order valence-electron chi connectivity index (χ0n) is 11.4. The molecule has 0 amide bonds. The van der Waals surface area contributed by atoms with E-state index in [1.807, 2.05) is 6.20 Å². The van der Waals surface area contributed by atoms with Crippen molar-refractivity contribution in [3.8, 4) is 10.4 Å². The predicted octanol–water partition coefficient (Wildman–Crippen LogP) is 3.64. The van der Waals surface area contributed by atoms with Gasteiger partial charge in [-0.05, 0) is 29.3 Å². The molecule has 0 aliphatic rings. The van der Waals surface area contributed by atoms with E-state index in [-0.39, 0.29) is 0 Å². The molecular formula is C16H17N3S. The quantitative estimate of drug-likeness (QED) is 0.768. The van der Waals surface area contributed by atoms with E-state index in [0.29, 0.717) is 6.54 Å². The average molecular weight is 283 g/mol. The monoisotopic (exact) mass is 283 g/mol. The van der Waals surface area contributed by atoms with Crippen LogP contribution >= 0.6 is 11.3 Å². The predicted molar refractivity (Wildman–Crippen MR) is 87.3 cm³/mol. The van der Waals surface area contributed by atoms with Crippen molar-refractivity contribution in [2.45, 2.75) is 6.92 Å². The molecule has 0 radical (unpaired) electrons. The van der Waals surface area contributed by atoms with Crippen molar-refractivity contribution < 1.29 is 0 Å². The Balaban J connectivity index is 2.23. The molecule has 2 heterocycles. The molecule has 0 spiro atoms. The number of thiophene rings is 1. The Kier molecular flexibility index (Phi) is 3.67. The molecule has 3 aromatic rings. The van der Waals surface area contributed by atoms with E-state index in [1.165, 1.54) is 26.8 Å². The van der Waals surface area contributed by atoms with Crippen LogP contribution in [0.25, 0.3) is 21.2 Å². The number of anilines is 1. The number of aryl methyl sites for hydroxylation is 1. The van der Waals surface area contributed by atoms with Gasteiger partial charge in [0.25, 0.3) is 0 Å². The van der Waals surface area contributed by atoms with Crippen LogP contribution in [-0.4, -0.2) is 18.1 Å². The van der Waals surface area contributed by atoms with Crippen molar-refractivity contribution in [3.05, 3.63) is 47.5 Å². The van der Waals surface area contributed by atoms with Gasteiger partial charge < -0.3 is 11.1 Å². The molecule has 0 fully saturated rings. The summed E-state index contributed by atoms with van der Waals surface area (Å²) in [6.07, 6.45) is 1.95. The number of fused-ring (bicyclic) bond motifs is 1. The third-order valence-corrected chi connectivity index (χ3v) is 4.25. The Hall–Kier alpha value is -1.91. The van der Waals surface area contributed by atoms with Crippen LogP contribution < -0.4 is 11.1 Å². The Morgan fingerprint density at radius 3 is 2.90 bits per heavy atom. The van der Waals surface area contributed by atoms with Crippen molar-refractivity contribution >= 4 is 27.9 Å². The van der Waals surface area contributed by atoms with E-state index in [2.05, 4.69) is 52.9 Å². The Bertz CT molecular complexity index is 720. The Morgan fingerprint density at radius 1 is 1.25 bits per heavy atom. The summed E-state index contributed by atoms with van der Waals surface area (Å²) in [5.41, 5.74) is 8.00. The van der Waals surface area contributed by atoms with E-state index in [4.69, 9.17) is 5.73 Å². The molecular weight excluding hydrogens is 266 g/mol. The van der Waals surface area contributed by atoms with E-state index >= 15 is 0 Å². The Morgan fingerprint density at radius 2 is 2.15 bits per heavy atom. The lowest BCUT2D eigenvalue weighted by Crippen LogP contribution is -2.14. The van der Waals surface area contributed by atoms with Gasteiger partial charge in [-0.15, -0.1) is 11.3 Å². The van der Waals surface area contributed by atoms with Crippen LogP contribution in [0.4, 0.5) is 5.82 Å². The smallest absolute Gasteiger partial charge is 0.134 e. The van der Waals surface area contributed by atoms with Gasteiger partial charge in [0.2, 0.25) is 0 Å². The first-order valence-electron chi connectivity index (χ1n) is 6.67. The van der Waals surface area contributed by atoms with Crippen molar-refractivity contribution in [3.63, 3.8) is 0 Å². The number of benzene rings is 1. The summed E-state index contributed by atoms with van der Waals surface area (Å²) in [4.78, 5) is 5.85. The largest absolute Gasteiger partial charge is 0.368 e. The van der Waals surface area contributed by atoms with Gasteiger partial charge in [0.05, 0.1) is 0 Å². The second-order valence-electron chi connectivity index (χ2n) is 4.71. The first-order valence-corrected chi connectivity index (χ1v) is 7.55. The van der Waals surface area contributed by atoms with Gasteiger partial charge in [-0.2, -0.15) is 0 Å². The van der Waals surface area contributed by atoms with Crippen molar-refractivity contribution in [2.75, 3.05) is 18.4 Å². The lowest BCUT2D eigenvalue weighted by atomic mass is 10.0. The summed E-state index contributed by atoms with van der Waals surface area (Å²) >= 11 is 1.74. The summed E-state index contributed by atoms with van der Waals surface area (Å²) in [7, 11) is 0. The normalized spacial score (nSPS) is 10.9. The van der Waals surface area contributed by atoms with Crippen LogP contribution in [0.2, 0.25) is 0 Å². The lowest BCUT2D eigenvalue weighted by molar-refractivity contribution is 1.01. The van der Waals surface area contributed by atoms with Crippen molar-refractivity contribution in [1.82, 2.24) is 4.98 Å². The van der Waals surface area contributed by atoms with Crippen molar-refractivity contribution in [1.29, 1.82) is 0 Å². The minimum Gasteiger partial charge on any atom is -0.368 e. The molecule has 0 saturated heterocycles. The molecule has 4 heteroatoms. The minimum absolute atomic E-state index is 0.599. The molecule has 0 aliphatic heterocycles. The van der Waals surface area contributed by atoms with Crippen molar-refractivity contribution in [2.24, 2.45) is 5.73 Å². The number of nitrogens with one attached hydrogen (secondary N) is 1. The summed E-state index contributed by atoms with van der Waals surface area (Å²) < 4.78 is 0. The molecule has 3 nitrogen and oxygen atoms in total. The molecule has 0 saturated carbocycles. The number of rotatable bonds is 4. The zero-order valence-corrected chi connectivity index (χ0v) is 12.2. The lowest BCUT2D eigenvalue weighted by Gasteiger charge is -2.13. The van der Waals surface area contributed by atoms with Gasteiger partial charge in [-0.25, -0.2) is 4.98 Å². The molecule has 3 N–H and O–H groups in total. The summed E-state index contributed by atoms with van der Waals surface area (Å²) in [6, 6.07) is 10.6. The number of nitrogens with zero attached hydrogens (tertiary/aromatic N) is 1. The van der Waals surface area contributed by atoms with Gasteiger partial charge in [0.1, 0.15) is 5.82 Å². The number of nitrogens with two attached hydrogens (primary N) is 1. The molecule has 102 valence electrons. The fourth-order valence-corrected chi connectivity index (χ4v) is 3.17. The minimum atomic E-state index is 0.599. The zero-order chi connectivity index (χ0) is 13.9. The summed E-state index contributed by atoms with van der Waals surface area (Å²) in [6.45, 7) is 3.45. The maximum atomic E-state index is 5.58. The van der Waals surface area contributed by atoms with Crippen LogP contribution in [0.1, 0.15) is 5.56 Å². The number of hydrogen-bond donors (Lipinski definition) is 2. The van der Waals surface area contributed by atoms with Gasteiger partial charge in [0.15, 0.2) is 0 Å². The SMILES string of the molecule is Cc1cccc2c(-c3cccs3)cnc(NCCN)c12. The molecule has 1 aromatic carbocycles. The maximum absolute atomic E-state index is 5.58. The van der Waals surface area contributed by atoms with Gasteiger partial charge in [0, 0.05) is 35.1 Å². The standard InChI is InChI=1S/C16H17N3S/c1-11-4-2-5-12-13(14-6-3-9-20-14)10-19-16(15(11)12)18-8-7-17/h2-6,9-10H,7-8,17H2,1H3,(H,18,19). The topological polar surface area (TPSA) is 50.9 Å². The van der Waals surface area contributed by atoms with E-state index < -0.39 is 0 Å². The van der Waals surface area contributed by atoms with Crippen LogP contribution in [0.5, 0.6) is 0 Å². The highest BCUT2D eigenvalue weighted by Crippen LogP contribution is 2.35. The molecule has 0 atom stereocenters. The fourth-order valence-electron chi connectivity index (χ4n) is 2.42. The molecule has 3 rings (SSSR count). The molecule has 0 bridgehead atoms.